The first-order valence-corrected chi connectivity index (χ1v) is 8.76. The van der Waals surface area contributed by atoms with Crippen molar-refractivity contribution in [2.24, 2.45) is 17.8 Å². The third-order valence-electron chi connectivity index (χ3n) is 6.43. The van der Waals surface area contributed by atoms with E-state index in [1.165, 1.54) is 0 Å². The molecule has 0 spiro atoms. The minimum atomic E-state index is -0.559. The van der Waals surface area contributed by atoms with Crippen LogP contribution in [0.25, 0.3) is 0 Å². The number of likely N-dealkylation sites (tertiary alicyclic amines) is 1. The van der Waals surface area contributed by atoms with Crippen molar-refractivity contribution in [2.75, 3.05) is 20.7 Å². The average Bonchev–Trinajstić information content (AvgIpc) is 2.78. The number of hydrogen-bond donors (Lipinski definition) is 3. The molecule has 3 rings (SSSR count). The van der Waals surface area contributed by atoms with Crippen LogP contribution >= 0.6 is 0 Å². The van der Waals surface area contributed by atoms with Crippen LogP contribution in [0.15, 0.2) is 0 Å². The summed E-state index contributed by atoms with van der Waals surface area (Å²) in [5, 5.41) is 29.9. The van der Waals surface area contributed by atoms with E-state index in [-0.39, 0.29) is 12.2 Å². The van der Waals surface area contributed by atoms with E-state index in [0.29, 0.717) is 36.6 Å². The molecule has 8 unspecified atom stereocenters. The minimum absolute atomic E-state index is 0.0138. The summed E-state index contributed by atoms with van der Waals surface area (Å²) in [7, 11) is 3.88. The first-order valence-electron chi connectivity index (χ1n) is 8.76. The molecule has 2 aliphatic carbocycles. The maximum atomic E-state index is 10.3. The SMILES string of the molecule is COC1CC2CN(C)C(CC3CCC(O)C(O)C3)C2CC1O. The molecule has 3 aliphatic rings. The molecule has 0 bridgehead atoms. The molecule has 1 saturated heterocycles. The van der Waals surface area contributed by atoms with Gasteiger partial charge in [0.15, 0.2) is 0 Å². The van der Waals surface area contributed by atoms with Gasteiger partial charge in [-0.15, -0.1) is 0 Å². The van der Waals surface area contributed by atoms with Crippen LogP contribution in [0.1, 0.15) is 38.5 Å². The highest BCUT2D eigenvalue weighted by Crippen LogP contribution is 2.44. The number of nitrogens with zero attached hydrogens (tertiary/aromatic N) is 1. The molecule has 5 heteroatoms. The minimum Gasteiger partial charge on any atom is -0.390 e. The standard InChI is InChI=1S/C17H31NO4/c1-18-9-11-7-17(22-2)16(21)8-12(11)13(18)5-10-3-4-14(19)15(20)6-10/h10-17,19-21H,3-9H2,1-2H3. The molecule has 128 valence electrons. The van der Waals surface area contributed by atoms with E-state index < -0.39 is 12.2 Å². The second-order valence-corrected chi connectivity index (χ2v) is 7.79. The molecule has 0 radical (unpaired) electrons. The van der Waals surface area contributed by atoms with Gasteiger partial charge in [-0.05, 0) is 63.3 Å². The molecule has 8 atom stereocenters. The molecule has 3 N–H and O–H groups in total. The topological polar surface area (TPSA) is 73.2 Å². The Morgan fingerprint density at radius 2 is 1.77 bits per heavy atom. The average molecular weight is 313 g/mol. The Hall–Kier alpha value is -0.200. The van der Waals surface area contributed by atoms with Crippen LogP contribution in [0.2, 0.25) is 0 Å². The summed E-state index contributed by atoms with van der Waals surface area (Å²) in [5.41, 5.74) is 0. The first kappa shape index (κ1) is 16.7. The maximum absolute atomic E-state index is 10.3. The Kier molecular flexibility index (Phi) is 5.10. The van der Waals surface area contributed by atoms with Crippen LogP contribution in [0, 0.1) is 17.8 Å². The summed E-state index contributed by atoms with van der Waals surface area (Å²) in [6.45, 7) is 1.08. The maximum Gasteiger partial charge on any atom is 0.0833 e. The summed E-state index contributed by atoms with van der Waals surface area (Å²) in [6, 6.07) is 0.491. The van der Waals surface area contributed by atoms with E-state index in [1.807, 2.05) is 0 Å². The second kappa shape index (κ2) is 6.73. The summed E-state index contributed by atoms with van der Waals surface area (Å²) < 4.78 is 5.43. The van der Waals surface area contributed by atoms with Gasteiger partial charge in [-0.25, -0.2) is 0 Å². The zero-order valence-corrected chi connectivity index (χ0v) is 13.8. The zero-order valence-electron chi connectivity index (χ0n) is 13.8. The van der Waals surface area contributed by atoms with E-state index in [9.17, 15) is 15.3 Å². The fourth-order valence-corrected chi connectivity index (χ4v) is 5.15. The lowest BCUT2D eigenvalue weighted by atomic mass is 9.72. The van der Waals surface area contributed by atoms with Crippen molar-refractivity contribution in [1.82, 2.24) is 4.90 Å². The quantitative estimate of drug-likeness (QED) is 0.712. The number of aliphatic hydroxyl groups excluding tert-OH is 3. The van der Waals surface area contributed by atoms with E-state index >= 15 is 0 Å². The van der Waals surface area contributed by atoms with Crippen molar-refractivity contribution in [3.8, 4) is 0 Å². The molecule has 22 heavy (non-hydrogen) atoms. The number of methoxy groups -OCH3 is 1. The fourth-order valence-electron chi connectivity index (χ4n) is 5.15. The Labute approximate surface area is 133 Å². The van der Waals surface area contributed by atoms with Crippen molar-refractivity contribution in [2.45, 2.75) is 69.0 Å². The second-order valence-electron chi connectivity index (χ2n) is 7.79. The molecule has 1 aliphatic heterocycles. The largest absolute Gasteiger partial charge is 0.390 e. The van der Waals surface area contributed by atoms with E-state index in [1.54, 1.807) is 7.11 Å². The van der Waals surface area contributed by atoms with Gasteiger partial charge < -0.3 is 25.0 Å². The normalized spacial score (nSPS) is 50.0. The summed E-state index contributed by atoms with van der Waals surface area (Å²) >= 11 is 0. The van der Waals surface area contributed by atoms with Crippen LogP contribution in [-0.4, -0.2) is 71.4 Å². The van der Waals surface area contributed by atoms with Crippen molar-refractivity contribution in [1.29, 1.82) is 0 Å². The molecule has 2 saturated carbocycles. The van der Waals surface area contributed by atoms with Crippen molar-refractivity contribution >= 4 is 0 Å². The highest BCUT2D eigenvalue weighted by molar-refractivity contribution is 4.99. The van der Waals surface area contributed by atoms with Gasteiger partial charge in [-0.3, -0.25) is 0 Å². The predicted molar refractivity (Wildman–Crippen MR) is 83.4 cm³/mol. The monoisotopic (exact) mass is 313 g/mol. The van der Waals surface area contributed by atoms with Crippen LogP contribution in [0.5, 0.6) is 0 Å². The zero-order chi connectivity index (χ0) is 15.9. The Morgan fingerprint density at radius 1 is 1.00 bits per heavy atom. The highest BCUT2D eigenvalue weighted by Gasteiger charge is 2.47. The van der Waals surface area contributed by atoms with Gasteiger partial charge in [0.25, 0.3) is 0 Å². The van der Waals surface area contributed by atoms with Gasteiger partial charge in [-0.2, -0.15) is 0 Å². The lowest BCUT2D eigenvalue weighted by Crippen LogP contribution is -2.43. The third kappa shape index (κ3) is 3.20. The predicted octanol–water partition coefficient (Wildman–Crippen LogP) is 0.614. The van der Waals surface area contributed by atoms with Gasteiger partial charge in [-0.1, -0.05) is 0 Å². The number of fused-ring (bicyclic) bond motifs is 1. The number of rotatable bonds is 3. The fraction of sp³-hybridized carbons (Fsp3) is 1.00. The molecule has 0 aromatic heterocycles. The van der Waals surface area contributed by atoms with Crippen LogP contribution in [0.3, 0.4) is 0 Å². The molecular weight excluding hydrogens is 282 g/mol. The van der Waals surface area contributed by atoms with E-state index in [2.05, 4.69) is 11.9 Å². The van der Waals surface area contributed by atoms with Crippen LogP contribution in [0.4, 0.5) is 0 Å². The molecule has 0 aromatic carbocycles. The number of aliphatic hydroxyl groups is 3. The van der Waals surface area contributed by atoms with Crippen LogP contribution < -0.4 is 0 Å². The Balaban J connectivity index is 1.62. The highest BCUT2D eigenvalue weighted by atomic mass is 16.5. The molecule has 3 fully saturated rings. The Morgan fingerprint density at radius 3 is 2.45 bits per heavy atom. The number of ether oxygens (including phenoxy) is 1. The van der Waals surface area contributed by atoms with E-state index in [0.717, 1.165) is 32.2 Å². The number of hydrogen-bond acceptors (Lipinski definition) is 5. The molecule has 5 nitrogen and oxygen atoms in total. The molecule has 0 amide bonds. The van der Waals surface area contributed by atoms with Gasteiger partial charge in [0.05, 0.1) is 24.4 Å². The summed E-state index contributed by atoms with van der Waals surface area (Å²) in [4.78, 5) is 2.44. The lowest BCUT2D eigenvalue weighted by Gasteiger charge is -2.39. The van der Waals surface area contributed by atoms with Gasteiger partial charge in [0.1, 0.15) is 0 Å². The van der Waals surface area contributed by atoms with Crippen molar-refractivity contribution in [3.05, 3.63) is 0 Å². The summed E-state index contributed by atoms with van der Waals surface area (Å²) in [5.74, 6) is 1.64. The van der Waals surface area contributed by atoms with Crippen molar-refractivity contribution in [3.63, 3.8) is 0 Å². The van der Waals surface area contributed by atoms with Crippen LogP contribution in [-0.2, 0) is 4.74 Å². The first-order chi connectivity index (χ1) is 10.5. The Bertz CT molecular complexity index is 380. The smallest absolute Gasteiger partial charge is 0.0833 e. The molecular formula is C17H31NO4. The summed E-state index contributed by atoms with van der Waals surface area (Å²) in [6.07, 6.45) is 3.83. The van der Waals surface area contributed by atoms with Gasteiger partial charge >= 0.3 is 0 Å². The lowest BCUT2D eigenvalue weighted by molar-refractivity contribution is -0.0662. The van der Waals surface area contributed by atoms with Crippen molar-refractivity contribution < 1.29 is 20.1 Å². The van der Waals surface area contributed by atoms with Gasteiger partial charge in [0, 0.05) is 19.7 Å². The molecule has 1 heterocycles. The molecule has 0 aromatic rings. The van der Waals surface area contributed by atoms with Gasteiger partial charge in [0.2, 0.25) is 0 Å². The van der Waals surface area contributed by atoms with E-state index in [4.69, 9.17) is 4.74 Å². The third-order valence-corrected chi connectivity index (χ3v) is 6.43.